The lowest BCUT2D eigenvalue weighted by Crippen LogP contribution is -2.30. The summed E-state index contributed by atoms with van der Waals surface area (Å²) >= 11 is 0. The van der Waals surface area contributed by atoms with Crippen molar-refractivity contribution in [1.29, 1.82) is 0 Å². The van der Waals surface area contributed by atoms with Crippen LogP contribution in [-0.4, -0.2) is 28.2 Å². The van der Waals surface area contributed by atoms with Gasteiger partial charge in [0.15, 0.2) is 0 Å². The van der Waals surface area contributed by atoms with E-state index in [1.165, 1.54) is 82.8 Å². The Morgan fingerprint density at radius 2 is 1.23 bits per heavy atom. The van der Waals surface area contributed by atoms with E-state index in [0.717, 1.165) is 24.8 Å². The quantitative estimate of drug-likeness (QED) is 0.0951. The molecule has 1 amide bonds. The molecule has 1 fully saturated rings. The molecule has 1 heterocycles. The molecule has 0 radical (unpaired) electrons. The predicted molar refractivity (Wildman–Crippen MR) is 157 cm³/mol. The lowest BCUT2D eigenvalue weighted by molar-refractivity contribution is -0.139. The lowest BCUT2D eigenvalue weighted by Gasteiger charge is -2.25. The van der Waals surface area contributed by atoms with Gasteiger partial charge in [0.1, 0.15) is 11.6 Å². The number of amides is 1. The van der Waals surface area contributed by atoms with E-state index in [1.807, 2.05) is 19.1 Å². The molecule has 2 aromatic carbocycles. The van der Waals surface area contributed by atoms with Crippen LogP contribution >= 0.6 is 0 Å². The van der Waals surface area contributed by atoms with E-state index >= 15 is 0 Å². The van der Waals surface area contributed by atoms with E-state index in [1.54, 1.807) is 29.2 Å². The number of Topliss-reactive ketones (excluding diaryl/α,β-unsaturated/α-hetero) is 1. The largest absolute Gasteiger partial charge is 0.507 e. The van der Waals surface area contributed by atoms with Crippen molar-refractivity contribution in [1.82, 2.24) is 4.90 Å². The van der Waals surface area contributed by atoms with Crippen LogP contribution in [0, 0.1) is 12.7 Å². The zero-order valence-corrected chi connectivity index (χ0v) is 23.9. The monoisotopic (exact) mass is 535 g/mol. The number of nitrogens with zero attached hydrogens (tertiary/aromatic N) is 1. The number of likely N-dealkylation sites (tertiary alicyclic amines) is 1. The van der Waals surface area contributed by atoms with Crippen molar-refractivity contribution in [2.45, 2.75) is 110 Å². The minimum atomic E-state index is -0.728. The Hall–Kier alpha value is -2.95. The molecular formula is C34H46FNO3. The molecule has 212 valence electrons. The topological polar surface area (TPSA) is 57.6 Å². The van der Waals surface area contributed by atoms with Gasteiger partial charge in [-0.2, -0.15) is 0 Å². The zero-order valence-electron chi connectivity index (χ0n) is 23.9. The average Bonchev–Trinajstić information content (AvgIpc) is 3.18. The minimum absolute atomic E-state index is 0.0702. The van der Waals surface area contributed by atoms with Gasteiger partial charge in [0.2, 0.25) is 0 Å². The van der Waals surface area contributed by atoms with Crippen molar-refractivity contribution >= 4 is 17.4 Å². The van der Waals surface area contributed by atoms with Crippen LogP contribution in [0.5, 0.6) is 0 Å². The molecule has 1 aliphatic heterocycles. The number of ketones is 1. The van der Waals surface area contributed by atoms with Gasteiger partial charge in [0.05, 0.1) is 11.6 Å². The molecule has 0 saturated carbocycles. The van der Waals surface area contributed by atoms with Gasteiger partial charge in [0, 0.05) is 12.1 Å². The highest BCUT2D eigenvalue weighted by Gasteiger charge is 2.45. The fraction of sp³-hybridized carbons (Fsp3) is 0.529. The van der Waals surface area contributed by atoms with Crippen LogP contribution in [0.2, 0.25) is 0 Å². The molecule has 2 aromatic rings. The van der Waals surface area contributed by atoms with E-state index in [0.29, 0.717) is 17.7 Å². The third kappa shape index (κ3) is 9.05. The Balaban J connectivity index is 1.52. The van der Waals surface area contributed by atoms with Crippen molar-refractivity contribution < 1.29 is 19.1 Å². The summed E-state index contributed by atoms with van der Waals surface area (Å²) in [4.78, 5) is 27.7. The van der Waals surface area contributed by atoms with Gasteiger partial charge in [0.25, 0.3) is 11.7 Å². The number of aliphatic hydroxyl groups excluding tert-OH is 1. The van der Waals surface area contributed by atoms with Gasteiger partial charge in [-0.15, -0.1) is 0 Å². The number of benzene rings is 2. The first-order chi connectivity index (χ1) is 18.9. The molecule has 1 N–H and O–H groups in total. The Kier molecular flexibility index (Phi) is 12.7. The molecule has 3 rings (SSSR count). The van der Waals surface area contributed by atoms with Gasteiger partial charge >= 0.3 is 0 Å². The van der Waals surface area contributed by atoms with E-state index in [9.17, 15) is 19.1 Å². The fourth-order valence-corrected chi connectivity index (χ4v) is 5.45. The second kappa shape index (κ2) is 16.2. The van der Waals surface area contributed by atoms with Crippen LogP contribution in [0.25, 0.3) is 5.76 Å². The first-order valence-corrected chi connectivity index (χ1v) is 15.0. The summed E-state index contributed by atoms with van der Waals surface area (Å²) in [6.07, 6.45) is 17.4. The highest BCUT2D eigenvalue weighted by molar-refractivity contribution is 6.46. The van der Waals surface area contributed by atoms with Crippen molar-refractivity contribution in [3.05, 3.63) is 76.6 Å². The Morgan fingerprint density at radius 3 is 1.74 bits per heavy atom. The van der Waals surface area contributed by atoms with Crippen LogP contribution in [0.3, 0.4) is 0 Å². The second-order valence-corrected chi connectivity index (χ2v) is 11.0. The molecule has 0 bridgehead atoms. The van der Waals surface area contributed by atoms with Gasteiger partial charge in [-0.25, -0.2) is 4.39 Å². The molecule has 1 saturated heterocycles. The van der Waals surface area contributed by atoms with E-state index < -0.39 is 17.7 Å². The van der Waals surface area contributed by atoms with Crippen molar-refractivity contribution in [2.75, 3.05) is 6.54 Å². The average molecular weight is 536 g/mol. The van der Waals surface area contributed by atoms with Crippen LogP contribution in [0.15, 0.2) is 54.1 Å². The highest BCUT2D eigenvalue weighted by atomic mass is 19.1. The summed E-state index contributed by atoms with van der Waals surface area (Å²) in [5.41, 5.74) is 2.21. The van der Waals surface area contributed by atoms with Crippen molar-refractivity contribution in [2.24, 2.45) is 0 Å². The summed E-state index contributed by atoms with van der Waals surface area (Å²) in [5.74, 6) is -1.87. The maximum Gasteiger partial charge on any atom is 0.295 e. The van der Waals surface area contributed by atoms with Gasteiger partial charge < -0.3 is 10.0 Å². The van der Waals surface area contributed by atoms with E-state index in [2.05, 4.69) is 6.92 Å². The number of carbonyl (C=O) groups is 2. The number of carbonyl (C=O) groups excluding carboxylic acids is 2. The van der Waals surface area contributed by atoms with Crippen LogP contribution in [0.4, 0.5) is 4.39 Å². The number of hydrogen-bond donors (Lipinski definition) is 1. The van der Waals surface area contributed by atoms with Crippen LogP contribution in [-0.2, 0) is 9.59 Å². The number of rotatable bonds is 17. The first-order valence-electron chi connectivity index (χ1n) is 15.0. The molecular weight excluding hydrogens is 489 g/mol. The minimum Gasteiger partial charge on any atom is -0.507 e. The van der Waals surface area contributed by atoms with Gasteiger partial charge in [-0.05, 0) is 31.0 Å². The molecule has 4 nitrogen and oxygen atoms in total. The third-order valence-corrected chi connectivity index (χ3v) is 7.80. The number of unbranched alkanes of at least 4 members (excludes halogenated alkanes) is 13. The molecule has 1 atom stereocenters. The smallest absolute Gasteiger partial charge is 0.295 e. The molecule has 0 aliphatic carbocycles. The molecule has 1 aliphatic rings. The number of hydrogen-bond acceptors (Lipinski definition) is 3. The molecule has 1 unspecified atom stereocenters. The third-order valence-electron chi connectivity index (χ3n) is 7.80. The molecule has 5 heteroatoms. The molecule has 0 aromatic heterocycles. The highest BCUT2D eigenvalue weighted by Crippen LogP contribution is 2.39. The molecule has 0 spiro atoms. The second-order valence-electron chi connectivity index (χ2n) is 11.0. The van der Waals surface area contributed by atoms with Gasteiger partial charge in [-0.1, -0.05) is 132 Å². The summed E-state index contributed by atoms with van der Waals surface area (Å²) in [7, 11) is 0. The van der Waals surface area contributed by atoms with E-state index in [4.69, 9.17) is 0 Å². The Bertz CT molecular complexity index is 1070. The maximum atomic E-state index is 13.7. The maximum absolute atomic E-state index is 13.7. The Labute approximate surface area is 234 Å². The summed E-state index contributed by atoms with van der Waals surface area (Å²) in [6, 6.07) is 12.3. The molecule has 39 heavy (non-hydrogen) atoms. The number of aryl methyl sites for hydroxylation is 1. The standard InChI is InChI=1S/C34H46FNO3/c1-3-4-5-6-7-8-9-10-11-12-13-14-15-16-25-36-31(27-21-23-29(35)24-22-27)30(33(38)34(36)39)32(37)28-19-17-26(2)18-20-28/h17-24,31,37H,3-16,25H2,1-2H3/b32-30-. The van der Waals surface area contributed by atoms with Gasteiger partial charge in [-0.3, -0.25) is 9.59 Å². The lowest BCUT2D eigenvalue weighted by atomic mass is 9.95. The summed E-state index contributed by atoms with van der Waals surface area (Å²) in [5, 5.41) is 11.1. The summed E-state index contributed by atoms with van der Waals surface area (Å²) < 4.78 is 13.7. The normalized spacial score (nSPS) is 16.8. The SMILES string of the molecule is CCCCCCCCCCCCCCCCN1C(=O)C(=O)/C(=C(\O)c2ccc(C)cc2)C1c1ccc(F)cc1. The van der Waals surface area contributed by atoms with E-state index in [-0.39, 0.29) is 17.1 Å². The van der Waals surface area contributed by atoms with Crippen molar-refractivity contribution in [3.8, 4) is 0 Å². The van der Waals surface area contributed by atoms with Crippen molar-refractivity contribution in [3.63, 3.8) is 0 Å². The Morgan fingerprint density at radius 1 is 0.744 bits per heavy atom. The predicted octanol–water partition coefficient (Wildman–Crippen LogP) is 9.04. The zero-order chi connectivity index (χ0) is 28.0. The van der Waals surface area contributed by atoms with Crippen LogP contribution < -0.4 is 0 Å². The first kappa shape index (κ1) is 30.6. The number of halogens is 1. The van der Waals surface area contributed by atoms with Crippen LogP contribution in [0.1, 0.15) is 120 Å². The summed E-state index contributed by atoms with van der Waals surface area (Å²) in [6.45, 7) is 4.62. The number of aliphatic hydroxyl groups is 1. The fourth-order valence-electron chi connectivity index (χ4n) is 5.45.